The molecule has 3 heterocycles. The highest BCUT2D eigenvalue weighted by Crippen LogP contribution is 2.36. The fourth-order valence-electron chi connectivity index (χ4n) is 4.66. The number of aryl methyl sites for hydroxylation is 2. The van der Waals surface area contributed by atoms with Crippen molar-refractivity contribution in [3.05, 3.63) is 83.6 Å². The Morgan fingerprint density at radius 3 is 2.25 bits per heavy atom. The second kappa shape index (κ2) is 8.23. The zero-order chi connectivity index (χ0) is 23.2. The van der Waals surface area contributed by atoms with E-state index in [1.807, 2.05) is 30.5 Å². The summed E-state index contributed by atoms with van der Waals surface area (Å²) >= 11 is 0. The number of hydrogen-bond donors (Lipinski definition) is 0. The van der Waals surface area contributed by atoms with Crippen LogP contribution in [-0.2, 0) is 0 Å². The molecule has 3 heteroatoms. The Morgan fingerprint density at radius 2 is 1.56 bits per heavy atom. The number of para-hydroxylation sites is 1. The van der Waals surface area contributed by atoms with Crippen LogP contribution >= 0.6 is 0 Å². The molecule has 0 unspecified atom stereocenters. The average Bonchev–Trinajstić information content (AvgIpc) is 3.21. The first-order chi connectivity index (χ1) is 15.9. The number of benzene rings is 2. The summed E-state index contributed by atoms with van der Waals surface area (Å²) in [7, 11) is 0. The van der Waals surface area contributed by atoms with Gasteiger partial charge in [0.25, 0.3) is 0 Å². The third-order valence-corrected chi connectivity index (χ3v) is 6.40. The summed E-state index contributed by atoms with van der Waals surface area (Å²) in [6.07, 6.45) is 3.37. The van der Waals surface area contributed by atoms with Crippen molar-refractivity contribution in [2.75, 3.05) is 0 Å². The summed E-state index contributed by atoms with van der Waals surface area (Å²) in [5, 5.41) is 2.03. The van der Waals surface area contributed by atoms with Crippen molar-refractivity contribution in [1.29, 1.82) is 0 Å². The first-order valence-corrected chi connectivity index (χ1v) is 11.3. The minimum Gasteiger partial charge on any atom is -0.437 e. The van der Waals surface area contributed by atoms with E-state index >= 15 is 0 Å². The molecule has 0 saturated heterocycles. The fourth-order valence-corrected chi connectivity index (χ4v) is 4.66. The van der Waals surface area contributed by atoms with Crippen molar-refractivity contribution >= 4 is 22.1 Å². The van der Waals surface area contributed by atoms with Gasteiger partial charge in [0.1, 0.15) is 5.58 Å². The molecule has 0 aliphatic heterocycles. The van der Waals surface area contributed by atoms with E-state index in [2.05, 4.69) is 64.1 Å². The molecule has 0 saturated carbocycles. The van der Waals surface area contributed by atoms with Crippen LogP contribution in [0.15, 0.2) is 71.3 Å². The van der Waals surface area contributed by atoms with Crippen LogP contribution in [0.3, 0.4) is 0 Å². The molecule has 3 nitrogen and oxygen atoms in total. The van der Waals surface area contributed by atoms with Gasteiger partial charge in [0.15, 0.2) is 0 Å². The number of pyridine rings is 2. The highest BCUT2D eigenvalue weighted by molar-refractivity contribution is 6.08. The van der Waals surface area contributed by atoms with Crippen molar-refractivity contribution in [3.63, 3.8) is 0 Å². The van der Waals surface area contributed by atoms with Gasteiger partial charge in [0, 0.05) is 29.5 Å². The fraction of sp³-hybridized carbons (Fsp3) is 0.241. The van der Waals surface area contributed by atoms with Crippen LogP contribution in [0.1, 0.15) is 50.6 Å². The molecule has 5 aromatic rings. The normalized spacial score (nSPS) is 12.4. The summed E-state index contributed by atoms with van der Waals surface area (Å²) < 4.78 is 15.0. The maximum absolute atomic E-state index is 8.69. The lowest BCUT2D eigenvalue weighted by Crippen LogP contribution is -1.96. The molecule has 5 rings (SSSR count). The van der Waals surface area contributed by atoms with Crippen molar-refractivity contribution in [1.82, 2.24) is 9.97 Å². The molecule has 0 spiro atoms. The van der Waals surface area contributed by atoms with Gasteiger partial charge in [0.2, 0.25) is 5.71 Å². The number of aromatic nitrogens is 2. The number of furan rings is 1. The van der Waals surface area contributed by atoms with Gasteiger partial charge in [-0.1, -0.05) is 50.2 Å². The van der Waals surface area contributed by atoms with Crippen molar-refractivity contribution in [2.24, 2.45) is 0 Å². The smallest absolute Gasteiger partial charge is 0.227 e. The van der Waals surface area contributed by atoms with Crippen LogP contribution in [0.5, 0.6) is 0 Å². The Balaban J connectivity index is 1.63. The lowest BCUT2D eigenvalue weighted by Gasteiger charge is -2.12. The maximum atomic E-state index is 8.69. The van der Waals surface area contributed by atoms with Gasteiger partial charge in [0.05, 0.1) is 11.4 Å². The van der Waals surface area contributed by atoms with E-state index in [4.69, 9.17) is 15.8 Å². The van der Waals surface area contributed by atoms with Gasteiger partial charge >= 0.3 is 0 Å². The summed E-state index contributed by atoms with van der Waals surface area (Å²) in [6.45, 7) is 8.34. The summed E-state index contributed by atoms with van der Waals surface area (Å²) in [5.74, 6) is -0.592. The molecular weight excluding hydrogens is 392 g/mol. The Labute approximate surface area is 190 Å². The summed E-state index contributed by atoms with van der Waals surface area (Å²) in [6, 6.07) is 20.7. The Bertz CT molecular complexity index is 1440. The highest BCUT2D eigenvalue weighted by atomic mass is 16.3. The van der Waals surface area contributed by atoms with Crippen molar-refractivity contribution in [2.45, 2.75) is 46.4 Å². The van der Waals surface area contributed by atoms with Gasteiger partial charge in [-0.05, 0) is 73.5 Å². The van der Waals surface area contributed by atoms with Crippen LogP contribution in [0.2, 0.25) is 0 Å². The minimum absolute atomic E-state index is 0.592. The minimum atomic E-state index is -0.592. The first kappa shape index (κ1) is 19.2. The molecule has 0 atom stereocenters. The summed E-state index contributed by atoms with van der Waals surface area (Å²) in [4.78, 5) is 9.62. The molecule has 160 valence electrons. The molecule has 32 heavy (non-hydrogen) atoms. The van der Waals surface area contributed by atoms with Crippen LogP contribution in [0.4, 0.5) is 0 Å². The SMILES string of the molecule is [2H]C(CC)(CC)c1ccc(-c2cccc3c2oc2nc(-c4c(C)cccc4C)ccc23)nc1. The molecule has 3 aromatic heterocycles. The van der Waals surface area contributed by atoms with Crippen LogP contribution < -0.4 is 0 Å². The number of fused-ring (bicyclic) bond motifs is 3. The van der Waals surface area contributed by atoms with Crippen molar-refractivity contribution in [3.8, 4) is 22.5 Å². The largest absolute Gasteiger partial charge is 0.437 e. The number of rotatable bonds is 5. The van der Waals surface area contributed by atoms with Crippen LogP contribution in [0, 0.1) is 13.8 Å². The predicted octanol–water partition coefficient (Wildman–Crippen LogP) is 8.23. The lowest BCUT2D eigenvalue weighted by atomic mass is 9.95. The number of nitrogens with zero attached hydrogens (tertiary/aromatic N) is 2. The highest BCUT2D eigenvalue weighted by Gasteiger charge is 2.16. The Morgan fingerprint density at radius 1 is 0.844 bits per heavy atom. The van der Waals surface area contributed by atoms with E-state index < -0.39 is 5.89 Å². The predicted molar refractivity (Wildman–Crippen MR) is 133 cm³/mol. The van der Waals surface area contributed by atoms with Gasteiger partial charge in [-0.15, -0.1) is 0 Å². The zero-order valence-electron chi connectivity index (χ0n) is 20.1. The third kappa shape index (κ3) is 3.38. The molecule has 0 fully saturated rings. The lowest BCUT2D eigenvalue weighted by molar-refractivity contribution is 0.639. The quantitative estimate of drug-likeness (QED) is 0.287. The second-order valence-corrected chi connectivity index (χ2v) is 8.34. The Kier molecular flexibility index (Phi) is 4.95. The van der Waals surface area contributed by atoms with Gasteiger partial charge in [-0.25, -0.2) is 4.98 Å². The maximum Gasteiger partial charge on any atom is 0.227 e. The zero-order valence-corrected chi connectivity index (χ0v) is 19.1. The molecule has 0 aliphatic rings. The van der Waals surface area contributed by atoms with Crippen LogP contribution in [0.25, 0.3) is 44.6 Å². The molecular formula is C29H28N2O. The molecule has 0 bridgehead atoms. The van der Waals surface area contributed by atoms with E-state index in [0.717, 1.165) is 57.3 Å². The Hall–Kier alpha value is -3.46. The standard InChI is InChI=1S/C29H28N2O/c1-5-20(6-2)21-13-15-25(30-17-21)24-12-8-11-22-23-14-16-26(31-29(23)32-28(22)24)27-18(3)9-7-10-19(27)4/h7-17,20H,5-6H2,1-4H3/i20D. The molecule has 0 aliphatic carbocycles. The molecule has 2 aromatic carbocycles. The monoisotopic (exact) mass is 421 g/mol. The van der Waals surface area contributed by atoms with Crippen molar-refractivity contribution < 1.29 is 5.79 Å². The summed E-state index contributed by atoms with van der Waals surface area (Å²) in [5.41, 5.74) is 8.64. The van der Waals surface area contributed by atoms with Crippen LogP contribution in [-0.4, -0.2) is 9.97 Å². The molecule has 0 amide bonds. The van der Waals surface area contributed by atoms with E-state index in [9.17, 15) is 0 Å². The van der Waals surface area contributed by atoms with Gasteiger partial charge in [-0.3, -0.25) is 4.98 Å². The van der Waals surface area contributed by atoms with Gasteiger partial charge in [-0.2, -0.15) is 0 Å². The molecule has 0 radical (unpaired) electrons. The van der Waals surface area contributed by atoms with E-state index in [-0.39, 0.29) is 0 Å². The molecule has 0 N–H and O–H groups in total. The van der Waals surface area contributed by atoms with Gasteiger partial charge < -0.3 is 4.42 Å². The van der Waals surface area contributed by atoms with E-state index in [0.29, 0.717) is 5.71 Å². The third-order valence-electron chi connectivity index (χ3n) is 6.40. The first-order valence-electron chi connectivity index (χ1n) is 11.8. The second-order valence-electron chi connectivity index (χ2n) is 8.34. The average molecular weight is 422 g/mol. The number of hydrogen-bond acceptors (Lipinski definition) is 3. The topological polar surface area (TPSA) is 38.9 Å². The van der Waals surface area contributed by atoms with E-state index in [1.54, 1.807) is 0 Å². The van der Waals surface area contributed by atoms with E-state index in [1.165, 1.54) is 11.1 Å².